The summed E-state index contributed by atoms with van der Waals surface area (Å²) in [6.45, 7) is 4.42. The van der Waals surface area contributed by atoms with Crippen molar-refractivity contribution in [3.05, 3.63) is 106 Å². The molecule has 0 heterocycles. The molecule has 3 aromatic rings. The number of hydrogen-bond acceptors (Lipinski definition) is 2. The quantitative estimate of drug-likeness (QED) is 0.342. The van der Waals surface area contributed by atoms with Crippen LogP contribution in [0.3, 0.4) is 0 Å². The molecular weight excluding hydrogens is 318 g/mol. The first-order valence-electron chi connectivity index (χ1n) is 9.08. The molecule has 26 heavy (non-hydrogen) atoms. The molecule has 0 amide bonds. The van der Waals surface area contributed by atoms with Gasteiger partial charge in [0.15, 0.2) is 0 Å². The second-order valence-corrected chi connectivity index (χ2v) is 6.97. The van der Waals surface area contributed by atoms with E-state index in [1.54, 1.807) is 6.21 Å². The first kappa shape index (κ1) is 17.9. The van der Waals surface area contributed by atoms with Crippen molar-refractivity contribution < 1.29 is 5.21 Å². The maximum atomic E-state index is 9.11. The van der Waals surface area contributed by atoms with Gasteiger partial charge in [-0.1, -0.05) is 85.7 Å². The van der Waals surface area contributed by atoms with Gasteiger partial charge in [0.05, 0.1) is 6.21 Å². The molecule has 3 rings (SSSR count). The van der Waals surface area contributed by atoms with E-state index in [1.165, 1.54) is 27.8 Å². The highest BCUT2D eigenvalue weighted by Gasteiger charge is 2.13. The zero-order valence-corrected chi connectivity index (χ0v) is 15.4. The minimum absolute atomic E-state index is 0.408. The second kappa shape index (κ2) is 8.48. The minimum Gasteiger partial charge on any atom is -0.411 e. The van der Waals surface area contributed by atoms with Gasteiger partial charge in [-0.15, -0.1) is 0 Å². The average molecular weight is 343 g/mol. The number of benzene rings is 3. The van der Waals surface area contributed by atoms with Crippen LogP contribution in [0, 0.1) is 0 Å². The van der Waals surface area contributed by atoms with Gasteiger partial charge in [-0.05, 0) is 58.2 Å². The van der Waals surface area contributed by atoms with Gasteiger partial charge in [-0.3, -0.25) is 0 Å². The molecule has 0 saturated carbocycles. The van der Waals surface area contributed by atoms with Gasteiger partial charge in [-0.2, -0.15) is 0 Å². The van der Waals surface area contributed by atoms with Crippen molar-refractivity contribution in [2.24, 2.45) is 5.16 Å². The van der Waals surface area contributed by atoms with Crippen LogP contribution >= 0.6 is 0 Å². The Bertz CT molecular complexity index is 867. The third-order valence-electron chi connectivity index (χ3n) is 4.69. The van der Waals surface area contributed by atoms with Crippen LogP contribution in [0.25, 0.3) is 0 Å². The van der Waals surface area contributed by atoms with Crippen LogP contribution in [0.2, 0.25) is 0 Å². The zero-order chi connectivity index (χ0) is 18.4. The first-order chi connectivity index (χ1) is 12.7. The van der Waals surface area contributed by atoms with E-state index in [9.17, 15) is 0 Å². The molecule has 0 radical (unpaired) electrons. The minimum atomic E-state index is 0.408. The summed E-state index contributed by atoms with van der Waals surface area (Å²) in [5.74, 6) is 0.408. The Labute approximate surface area is 155 Å². The van der Waals surface area contributed by atoms with Crippen LogP contribution < -0.4 is 0 Å². The molecule has 0 bridgehead atoms. The predicted molar refractivity (Wildman–Crippen MR) is 108 cm³/mol. The number of oxime groups is 1. The Kier molecular flexibility index (Phi) is 5.85. The van der Waals surface area contributed by atoms with E-state index in [1.807, 2.05) is 6.07 Å². The summed E-state index contributed by atoms with van der Waals surface area (Å²) in [6, 6.07) is 25.4. The maximum Gasteiger partial charge on any atom is 0.0736 e. The van der Waals surface area contributed by atoms with Crippen molar-refractivity contribution in [3.63, 3.8) is 0 Å². The Hall–Kier alpha value is -2.87. The van der Waals surface area contributed by atoms with Gasteiger partial charge in [0, 0.05) is 0 Å². The molecule has 2 nitrogen and oxygen atoms in total. The molecule has 0 aliphatic carbocycles. The Morgan fingerprint density at radius 1 is 0.808 bits per heavy atom. The number of rotatable bonds is 6. The number of hydrogen-bond donors (Lipinski definition) is 1. The summed E-state index contributed by atoms with van der Waals surface area (Å²) in [6.07, 6.45) is 3.28. The van der Waals surface area contributed by atoms with Gasteiger partial charge in [0.2, 0.25) is 0 Å². The van der Waals surface area contributed by atoms with Crippen LogP contribution in [0.4, 0.5) is 0 Å². The highest BCUT2D eigenvalue weighted by molar-refractivity contribution is 5.82. The zero-order valence-electron chi connectivity index (χ0n) is 15.4. The van der Waals surface area contributed by atoms with Crippen LogP contribution in [0.1, 0.15) is 53.1 Å². The third-order valence-corrected chi connectivity index (χ3v) is 4.69. The van der Waals surface area contributed by atoms with E-state index >= 15 is 0 Å². The van der Waals surface area contributed by atoms with Crippen LogP contribution in [-0.2, 0) is 12.8 Å². The van der Waals surface area contributed by atoms with E-state index in [2.05, 4.69) is 85.7 Å². The summed E-state index contributed by atoms with van der Waals surface area (Å²) in [4.78, 5) is 0. The summed E-state index contributed by atoms with van der Waals surface area (Å²) in [7, 11) is 0. The molecule has 0 fully saturated rings. The van der Waals surface area contributed by atoms with Gasteiger partial charge in [0.25, 0.3) is 0 Å². The lowest BCUT2D eigenvalue weighted by molar-refractivity contribution is 0.322. The van der Waals surface area contributed by atoms with Gasteiger partial charge in [0.1, 0.15) is 0 Å². The fraction of sp³-hybridized carbons (Fsp3) is 0.208. The molecule has 1 N–H and O–H groups in total. The fourth-order valence-electron chi connectivity index (χ4n) is 3.39. The number of nitrogens with zero attached hydrogens (tertiary/aromatic N) is 1. The molecule has 0 unspecified atom stereocenters. The summed E-state index contributed by atoms with van der Waals surface area (Å²) < 4.78 is 0. The molecule has 2 heteroatoms. The normalized spacial score (nSPS) is 11.3. The van der Waals surface area contributed by atoms with Crippen LogP contribution in [-0.4, -0.2) is 11.4 Å². The summed E-state index contributed by atoms with van der Waals surface area (Å²) in [5.41, 5.74) is 7.38. The van der Waals surface area contributed by atoms with Crippen molar-refractivity contribution >= 4 is 6.21 Å². The molecule has 0 aromatic heterocycles. The highest BCUT2D eigenvalue weighted by Crippen LogP contribution is 2.27. The lowest BCUT2D eigenvalue weighted by atomic mass is 9.87. The third kappa shape index (κ3) is 4.40. The molecule has 0 aliphatic rings. The summed E-state index contributed by atoms with van der Waals surface area (Å²) in [5, 5.41) is 12.4. The lowest BCUT2D eigenvalue weighted by Gasteiger charge is -2.17. The van der Waals surface area contributed by atoms with Crippen molar-refractivity contribution in [2.45, 2.75) is 32.6 Å². The smallest absolute Gasteiger partial charge is 0.0736 e. The molecule has 0 spiro atoms. The Balaban J connectivity index is 2.05. The van der Waals surface area contributed by atoms with Crippen LogP contribution in [0.15, 0.2) is 78.0 Å². The van der Waals surface area contributed by atoms with E-state index in [4.69, 9.17) is 5.21 Å². The largest absolute Gasteiger partial charge is 0.411 e. The molecule has 0 aliphatic heterocycles. The monoisotopic (exact) mass is 343 g/mol. The van der Waals surface area contributed by atoms with Gasteiger partial charge >= 0.3 is 0 Å². The highest BCUT2D eigenvalue weighted by atomic mass is 16.4. The van der Waals surface area contributed by atoms with E-state index in [-0.39, 0.29) is 0 Å². The van der Waals surface area contributed by atoms with Crippen LogP contribution in [0.5, 0.6) is 0 Å². The van der Waals surface area contributed by atoms with Crippen molar-refractivity contribution in [2.75, 3.05) is 0 Å². The van der Waals surface area contributed by atoms with Crippen molar-refractivity contribution in [1.82, 2.24) is 0 Å². The van der Waals surface area contributed by atoms with E-state index in [0.717, 1.165) is 18.4 Å². The Morgan fingerprint density at radius 2 is 1.35 bits per heavy atom. The SMILES string of the molecule is CC(C)c1cc(/C=N/O)c(Cc2ccccc2)cc1Cc1ccccc1. The molecule has 3 aromatic carbocycles. The van der Waals surface area contributed by atoms with E-state index < -0.39 is 0 Å². The van der Waals surface area contributed by atoms with Gasteiger partial charge < -0.3 is 5.21 Å². The lowest BCUT2D eigenvalue weighted by Crippen LogP contribution is -2.04. The molecule has 0 atom stereocenters. The van der Waals surface area contributed by atoms with Crippen molar-refractivity contribution in [1.29, 1.82) is 0 Å². The topological polar surface area (TPSA) is 32.6 Å². The molecule has 132 valence electrons. The standard InChI is InChI=1S/C24H25NO/c1-18(2)24-16-23(17-25-26)21(13-19-9-5-3-6-10-19)15-22(24)14-20-11-7-4-8-12-20/h3-12,15-18,26H,13-14H2,1-2H3/b25-17+. The molecule has 0 saturated heterocycles. The van der Waals surface area contributed by atoms with E-state index in [0.29, 0.717) is 5.92 Å². The first-order valence-corrected chi connectivity index (χ1v) is 9.08. The summed E-state index contributed by atoms with van der Waals surface area (Å²) >= 11 is 0. The maximum absolute atomic E-state index is 9.11. The fourth-order valence-corrected chi connectivity index (χ4v) is 3.39. The second-order valence-electron chi connectivity index (χ2n) is 6.97. The Morgan fingerprint density at radius 3 is 1.85 bits per heavy atom. The van der Waals surface area contributed by atoms with Gasteiger partial charge in [-0.25, -0.2) is 0 Å². The average Bonchev–Trinajstić information content (AvgIpc) is 2.65. The predicted octanol–water partition coefficient (Wildman–Crippen LogP) is 5.80. The van der Waals surface area contributed by atoms with Crippen molar-refractivity contribution in [3.8, 4) is 0 Å². The molecular formula is C24H25NO.